The van der Waals surface area contributed by atoms with Gasteiger partial charge in [-0.3, -0.25) is 9.79 Å². The Kier molecular flexibility index (Phi) is 8.76. The minimum Gasteiger partial charge on any atom is -0.380 e. The minimum absolute atomic E-state index is 0.173. The van der Waals surface area contributed by atoms with E-state index in [0.717, 1.165) is 24.3 Å². The van der Waals surface area contributed by atoms with Crippen molar-refractivity contribution in [2.24, 2.45) is 4.99 Å². The van der Waals surface area contributed by atoms with Gasteiger partial charge < -0.3 is 20.7 Å². The first-order valence-corrected chi connectivity index (χ1v) is 7.86. The number of nitrogens with zero attached hydrogens (tertiary/aromatic N) is 1. The molecule has 0 radical (unpaired) electrons. The number of carbonyl (C=O) groups is 1. The Hall–Kier alpha value is -2.29. The molecule has 0 saturated heterocycles. The highest BCUT2D eigenvalue weighted by atomic mass is 19.4. The molecule has 1 rings (SSSR count). The summed E-state index contributed by atoms with van der Waals surface area (Å²) in [5.74, 6) is 0.137. The van der Waals surface area contributed by atoms with Gasteiger partial charge in [0.25, 0.3) is 5.91 Å². The van der Waals surface area contributed by atoms with Crippen molar-refractivity contribution in [3.8, 4) is 0 Å². The molecule has 9 heteroatoms. The zero-order chi connectivity index (χ0) is 18.7. The predicted octanol–water partition coefficient (Wildman–Crippen LogP) is 1.64. The van der Waals surface area contributed by atoms with Gasteiger partial charge in [0.1, 0.15) is 0 Å². The Balaban J connectivity index is 2.32. The van der Waals surface area contributed by atoms with E-state index in [4.69, 9.17) is 4.74 Å². The monoisotopic (exact) mass is 360 g/mol. The second kappa shape index (κ2) is 10.5. The third-order valence-electron chi connectivity index (χ3n) is 3.14. The van der Waals surface area contributed by atoms with Crippen LogP contribution in [0.15, 0.2) is 29.3 Å². The van der Waals surface area contributed by atoms with E-state index in [1.54, 1.807) is 7.05 Å². The molecule has 0 spiro atoms. The average molecular weight is 360 g/mol. The normalized spacial score (nSPS) is 12.0. The molecule has 0 saturated carbocycles. The van der Waals surface area contributed by atoms with E-state index in [2.05, 4.69) is 20.9 Å². The van der Waals surface area contributed by atoms with Crippen molar-refractivity contribution in [3.63, 3.8) is 0 Å². The van der Waals surface area contributed by atoms with Crippen molar-refractivity contribution in [1.82, 2.24) is 16.0 Å². The van der Waals surface area contributed by atoms with Crippen LogP contribution in [0.3, 0.4) is 0 Å². The van der Waals surface area contributed by atoms with Gasteiger partial charge in [0.15, 0.2) is 5.96 Å². The molecule has 1 aromatic rings. The summed E-state index contributed by atoms with van der Waals surface area (Å²) in [6.07, 6.45) is -4.41. The summed E-state index contributed by atoms with van der Waals surface area (Å²) in [5, 5.41) is 8.66. The fourth-order valence-corrected chi connectivity index (χ4v) is 1.88. The molecule has 0 aliphatic rings. The summed E-state index contributed by atoms with van der Waals surface area (Å²) in [6.45, 7) is 4.43. The van der Waals surface area contributed by atoms with Crippen LogP contribution in [0.4, 0.5) is 13.2 Å². The Morgan fingerprint density at radius 3 is 2.24 bits per heavy atom. The highest BCUT2D eigenvalue weighted by Crippen LogP contribution is 2.28. The number of alkyl halides is 3. The molecule has 140 valence electrons. The SMILES string of the molecule is CCOCCNC(=NC)NCCNC(=O)c1ccc(C(F)(F)F)cc1. The molecule has 0 aliphatic heterocycles. The van der Waals surface area contributed by atoms with Crippen LogP contribution < -0.4 is 16.0 Å². The first-order valence-electron chi connectivity index (χ1n) is 7.86. The highest BCUT2D eigenvalue weighted by molar-refractivity contribution is 5.94. The third kappa shape index (κ3) is 7.88. The van der Waals surface area contributed by atoms with Crippen molar-refractivity contribution in [1.29, 1.82) is 0 Å². The van der Waals surface area contributed by atoms with Gasteiger partial charge in [0.2, 0.25) is 0 Å². The number of nitrogens with one attached hydrogen (secondary N) is 3. The van der Waals surface area contributed by atoms with Gasteiger partial charge in [-0.2, -0.15) is 13.2 Å². The molecule has 0 heterocycles. The maximum Gasteiger partial charge on any atom is 0.416 e. The molecule has 0 aromatic heterocycles. The van der Waals surface area contributed by atoms with Gasteiger partial charge >= 0.3 is 6.18 Å². The number of amides is 1. The quantitative estimate of drug-likeness (QED) is 0.374. The van der Waals surface area contributed by atoms with E-state index in [1.807, 2.05) is 6.92 Å². The fourth-order valence-electron chi connectivity index (χ4n) is 1.88. The lowest BCUT2D eigenvalue weighted by atomic mass is 10.1. The number of hydrogen-bond donors (Lipinski definition) is 3. The van der Waals surface area contributed by atoms with Gasteiger partial charge in [-0.1, -0.05) is 0 Å². The molecule has 0 unspecified atom stereocenters. The molecule has 0 bridgehead atoms. The first kappa shape index (κ1) is 20.8. The van der Waals surface area contributed by atoms with Crippen molar-refractivity contribution in [3.05, 3.63) is 35.4 Å². The molecule has 0 fully saturated rings. The van der Waals surface area contributed by atoms with Crippen LogP contribution in [-0.4, -0.2) is 51.8 Å². The van der Waals surface area contributed by atoms with Gasteiger partial charge in [-0.25, -0.2) is 0 Å². The number of guanidine groups is 1. The topological polar surface area (TPSA) is 74.8 Å². The summed E-state index contributed by atoms with van der Waals surface area (Å²) in [6, 6.07) is 4.08. The summed E-state index contributed by atoms with van der Waals surface area (Å²) in [7, 11) is 1.62. The van der Waals surface area contributed by atoms with Gasteiger partial charge in [-0.05, 0) is 31.2 Å². The largest absolute Gasteiger partial charge is 0.416 e. The summed E-state index contributed by atoms with van der Waals surface area (Å²) < 4.78 is 42.6. The van der Waals surface area contributed by atoms with E-state index >= 15 is 0 Å². The van der Waals surface area contributed by atoms with Crippen molar-refractivity contribution in [2.45, 2.75) is 13.1 Å². The van der Waals surface area contributed by atoms with Crippen LogP contribution in [0.2, 0.25) is 0 Å². The van der Waals surface area contributed by atoms with E-state index in [9.17, 15) is 18.0 Å². The smallest absolute Gasteiger partial charge is 0.380 e. The first-order chi connectivity index (χ1) is 11.9. The van der Waals surface area contributed by atoms with Crippen LogP contribution in [0.5, 0.6) is 0 Å². The van der Waals surface area contributed by atoms with E-state index in [-0.39, 0.29) is 5.56 Å². The van der Waals surface area contributed by atoms with E-state index in [0.29, 0.717) is 38.8 Å². The number of aliphatic imine (C=N–C) groups is 1. The van der Waals surface area contributed by atoms with E-state index < -0.39 is 17.6 Å². The van der Waals surface area contributed by atoms with Crippen molar-refractivity contribution < 1.29 is 22.7 Å². The minimum atomic E-state index is -4.41. The van der Waals surface area contributed by atoms with Gasteiger partial charge in [-0.15, -0.1) is 0 Å². The van der Waals surface area contributed by atoms with E-state index in [1.165, 1.54) is 0 Å². The Morgan fingerprint density at radius 1 is 1.08 bits per heavy atom. The lowest BCUT2D eigenvalue weighted by Gasteiger charge is -2.12. The molecule has 1 amide bonds. The second-order valence-electron chi connectivity index (χ2n) is 4.95. The maximum atomic E-state index is 12.5. The average Bonchev–Trinajstić information content (AvgIpc) is 2.59. The molecule has 1 aromatic carbocycles. The van der Waals surface area contributed by atoms with Gasteiger partial charge in [0.05, 0.1) is 12.2 Å². The molecule has 3 N–H and O–H groups in total. The molecule has 25 heavy (non-hydrogen) atoms. The molecule has 0 atom stereocenters. The summed E-state index contributed by atoms with van der Waals surface area (Å²) >= 11 is 0. The molecule has 6 nitrogen and oxygen atoms in total. The fraction of sp³-hybridized carbons (Fsp3) is 0.500. The third-order valence-corrected chi connectivity index (χ3v) is 3.14. The number of ether oxygens (including phenoxy) is 1. The summed E-state index contributed by atoms with van der Waals surface area (Å²) in [4.78, 5) is 15.9. The molecule has 0 aliphatic carbocycles. The molecular weight excluding hydrogens is 337 g/mol. The Morgan fingerprint density at radius 2 is 1.68 bits per heavy atom. The Bertz CT molecular complexity index is 559. The highest BCUT2D eigenvalue weighted by Gasteiger charge is 2.30. The lowest BCUT2D eigenvalue weighted by molar-refractivity contribution is -0.137. The molecular formula is C16H23F3N4O2. The predicted molar refractivity (Wildman–Crippen MR) is 89.6 cm³/mol. The van der Waals surface area contributed by atoms with Crippen LogP contribution in [0.25, 0.3) is 0 Å². The second-order valence-corrected chi connectivity index (χ2v) is 4.95. The number of benzene rings is 1. The maximum absolute atomic E-state index is 12.5. The van der Waals surface area contributed by atoms with Crippen LogP contribution >= 0.6 is 0 Å². The number of halogens is 3. The lowest BCUT2D eigenvalue weighted by Crippen LogP contribution is -2.42. The number of carbonyl (C=O) groups excluding carboxylic acids is 1. The van der Waals surface area contributed by atoms with Crippen molar-refractivity contribution >= 4 is 11.9 Å². The van der Waals surface area contributed by atoms with Crippen LogP contribution in [0.1, 0.15) is 22.8 Å². The van der Waals surface area contributed by atoms with Crippen LogP contribution in [0, 0.1) is 0 Å². The zero-order valence-electron chi connectivity index (χ0n) is 14.2. The van der Waals surface area contributed by atoms with Gasteiger partial charge in [0, 0.05) is 38.9 Å². The Labute approximate surface area is 144 Å². The standard InChI is InChI=1S/C16H23F3N4O2/c1-3-25-11-10-23-15(20-2)22-9-8-21-14(24)12-4-6-13(7-5-12)16(17,18)19/h4-7H,3,8-11H2,1-2H3,(H,21,24)(H2,20,22,23). The number of rotatable bonds is 8. The van der Waals surface area contributed by atoms with Crippen LogP contribution in [-0.2, 0) is 10.9 Å². The number of hydrogen-bond acceptors (Lipinski definition) is 3. The zero-order valence-corrected chi connectivity index (χ0v) is 14.2. The van der Waals surface area contributed by atoms with Crippen molar-refractivity contribution in [2.75, 3.05) is 39.9 Å². The summed E-state index contributed by atoms with van der Waals surface area (Å²) in [5.41, 5.74) is -0.611.